The van der Waals surface area contributed by atoms with Crippen LogP contribution in [0.2, 0.25) is 0 Å². The van der Waals surface area contributed by atoms with Gasteiger partial charge in [-0.15, -0.1) is 0 Å². The summed E-state index contributed by atoms with van der Waals surface area (Å²) in [7, 11) is -2.59. The van der Waals surface area contributed by atoms with Crippen LogP contribution < -0.4 is 4.74 Å². The van der Waals surface area contributed by atoms with Gasteiger partial charge in [-0.3, -0.25) is 4.57 Å². The molecule has 3 nitrogen and oxygen atoms in total. The van der Waals surface area contributed by atoms with Crippen molar-refractivity contribution in [1.29, 1.82) is 0 Å². The van der Waals surface area contributed by atoms with Crippen molar-refractivity contribution in [1.82, 2.24) is 9.55 Å². The summed E-state index contributed by atoms with van der Waals surface area (Å²) >= 11 is 3.10. The Labute approximate surface area is 102 Å². The standard InChI is InChI=1S/C11H11BrN2O/c1-15-11-13-10(12)8-14(11)7-9-5-3-2-4-6-9/h2-6,8H,7H2,1H3/i1D3,8D. The molecule has 0 N–H and O–H groups in total. The first-order valence-corrected chi connectivity index (χ1v) is 5.12. The Bertz CT molecular complexity index is 568. The molecule has 1 aromatic heterocycles. The lowest BCUT2D eigenvalue weighted by Crippen LogP contribution is -2.01. The van der Waals surface area contributed by atoms with Crippen LogP contribution in [-0.2, 0) is 6.54 Å². The van der Waals surface area contributed by atoms with Gasteiger partial charge in [0.05, 0.1) is 19.1 Å². The van der Waals surface area contributed by atoms with Crippen molar-refractivity contribution in [2.24, 2.45) is 0 Å². The second-order valence-corrected chi connectivity index (χ2v) is 3.72. The molecule has 0 aliphatic heterocycles. The second-order valence-electron chi connectivity index (χ2n) is 2.97. The molecule has 1 heterocycles. The van der Waals surface area contributed by atoms with Crippen molar-refractivity contribution in [3.63, 3.8) is 0 Å². The minimum Gasteiger partial charge on any atom is -0.468 e. The SMILES string of the molecule is [2H]c1c(Br)nc(OC([2H])([2H])[2H])n1Cc1ccccc1. The zero-order valence-electron chi connectivity index (χ0n) is 11.8. The van der Waals surface area contributed by atoms with E-state index in [4.69, 9.17) is 10.2 Å². The van der Waals surface area contributed by atoms with Crippen LogP contribution in [0.3, 0.4) is 0 Å². The van der Waals surface area contributed by atoms with Gasteiger partial charge in [0.15, 0.2) is 0 Å². The average molecular weight is 271 g/mol. The summed E-state index contributed by atoms with van der Waals surface area (Å²) in [6.07, 6.45) is 0.0723. The molecule has 0 saturated carbocycles. The molecule has 0 unspecified atom stereocenters. The normalized spacial score (nSPS) is 15.0. The van der Waals surface area contributed by atoms with Crippen LogP contribution in [0.4, 0.5) is 0 Å². The zero-order valence-corrected chi connectivity index (χ0v) is 9.36. The van der Waals surface area contributed by atoms with E-state index in [0.29, 0.717) is 6.54 Å². The van der Waals surface area contributed by atoms with E-state index in [1.54, 1.807) is 0 Å². The molecular weight excluding hydrogens is 256 g/mol. The van der Waals surface area contributed by atoms with E-state index in [2.05, 4.69) is 20.9 Å². The molecule has 0 radical (unpaired) electrons. The lowest BCUT2D eigenvalue weighted by atomic mass is 10.2. The van der Waals surface area contributed by atoms with Gasteiger partial charge in [0.1, 0.15) is 4.60 Å². The molecule has 15 heavy (non-hydrogen) atoms. The number of hydrogen-bond donors (Lipinski definition) is 0. The quantitative estimate of drug-likeness (QED) is 0.858. The van der Waals surface area contributed by atoms with Crippen LogP contribution in [0.25, 0.3) is 0 Å². The summed E-state index contributed by atoms with van der Waals surface area (Å²) in [5.74, 6) is 0. The molecule has 0 spiro atoms. The molecule has 2 rings (SSSR count). The van der Waals surface area contributed by atoms with Crippen LogP contribution in [0.1, 0.15) is 11.0 Å². The Kier molecular flexibility index (Phi) is 1.89. The van der Waals surface area contributed by atoms with Crippen molar-refractivity contribution in [3.8, 4) is 6.01 Å². The van der Waals surface area contributed by atoms with Gasteiger partial charge < -0.3 is 4.74 Å². The van der Waals surface area contributed by atoms with Gasteiger partial charge in [-0.1, -0.05) is 30.3 Å². The monoisotopic (exact) mass is 270 g/mol. The van der Waals surface area contributed by atoms with Gasteiger partial charge in [0.25, 0.3) is 6.01 Å². The predicted octanol–water partition coefficient (Wildman–Crippen LogP) is 2.70. The minimum absolute atomic E-state index is 0.0723. The van der Waals surface area contributed by atoms with Crippen molar-refractivity contribution in [2.75, 3.05) is 7.04 Å². The fraction of sp³-hybridized carbons (Fsp3) is 0.182. The van der Waals surface area contributed by atoms with Crippen LogP contribution in [-0.4, -0.2) is 16.6 Å². The Hall–Kier alpha value is -1.29. The highest BCUT2D eigenvalue weighted by molar-refractivity contribution is 9.10. The summed E-state index contributed by atoms with van der Waals surface area (Å²) in [6, 6.07) is 9.29. The Morgan fingerprint density at radius 2 is 2.33 bits per heavy atom. The third-order valence-electron chi connectivity index (χ3n) is 1.93. The van der Waals surface area contributed by atoms with Crippen LogP contribution >= 0.6 is 15.9 Å². The van der Waals surface area contributed by atoms with Gasteiger partial charge in [0, 0.05) is 6.17 Å². The molecule has 0 atom stereocenters. The topological polar surface area (TPSA) is 27.1 Å². The van der Waals surface area contributed by atoms with Crippen molar-refractivity contribution >= 4 is 15.9 Å². The first-order chi connectivity index (χ1) is 8.87. The van der Waals surface area contributed by atoms with E-state index < -0.39 is 7.04 Å². The first-order valence-electron chi connectivity index (χ1n) is 6.32. The molecule has 0 aliphatic carbocycles. The summed E-state index contributed by atoms with van der Waals surface area (Å²) in [4.78, 5) is 3.90. The Morgan fingerprint density at radius 1 is 1.53 bits per heavy atom. The first kappa shape index (κ1) is 6.33. The molecule has 0 saturated heterocycles. The Morgan fingerprint density at radius 3 is 3.07 bits per heavy atom. The number of nitrogens with zero attached hydrogens (tertiary/aromatic N) is 2. The number of aromatic nitrogens is 2. The third-order valence-corrected chi connectivity index (χ3v) is 2.28. The van der Waals surface area contributed by atoms with Crippen LogP contribution in [0.15, 0.2) is 41.1 Å². The summed E-state index contributed by atoms with van der Waals surface area (Å²) in [6.45, 7) is 0.323. The number of rotatable bonds is 3. The maximum Gasteiger partial charge on any atom is 0.297 e. The lowest BCUT2D eigenvalue weighted by molar-refractivity contribution is 0.361. The number of hydrogen-bond acceptors (Lipinski definition) is 2. The largest absolute Gasteiger partial charge is 0.468 e. The zero-order chi connectivity index (χ0) is 14.0. The number of methoxy groups -OCH3 is 1. The molecule has 0 fully saturated rings. The van der Waals surface area contributed by atoms with E-state index in [-0.39, 0.29) is 16.8 Å². The molecule has 2 aromatic rings. The van der Waals surface area contributed by atoms with E-state index in [1.165, 1.54) is 4.57 Å². The van der Waals surface area contributed by atoms with E-state index in [9.17, 15) is 0 Å². The van der Waals surface area contributed by atoms with E-state index in [1.807, 2.05) is 30.3 Å². The second kappa shape index (κ2) is 4.49. The van der Waals surface area contributed by atoms with E-state index in [0.717, 1.165) is 5.56 Å². The number of benzene rings is 1. The van der Waals surface area contributed by atoms with Crippen molar-refractivity contribution < 1.29 is 10.2 Å². The van der Waals surface area contributed by atoms with Crippen molar-refractivity contribution in [2.45, 2.75) is 6.54 Å². The van der Waals surface area contributed by atoms with Crippen LogP contribution in [0, 0.1) is 0 Å². The number of halogens is 1. The molecule has 78 valence electrons. The Balaban J connectivity index is 2.33. The number of ether oxygens (including phenoxy) is 1. The smallest absolute Gasteiger partial charge is 0.297 e. The number of imidazole rings is 1. The molecule has 0 amide bonds. The molecule has 0 bridgehead atoms. The average Bonchev–Trinajstić information content (AvgIpc) is 2.56. The molecule has 1 aromatic carbocycles. The molecular formula is C11H11BrN2O. The predicted molar refractivity (Wildman–Crippen MR) is 62.0 cm³/mol. The van der Waals surface area contributed by atoms with Gasteiger partial charge >= 0.3 is 0 Å². The van der Waals surface area contributed by atoms with Gasteiger partial charge in [-0.05, 0) is 21.5 Å². The summed E-state index contributed by atoms with van der Waals surface area (Å²) < 4.78 is 35.6. The fourth-order valence-corrected chi connectivity index (χ4v) is 1.65. The van der Waals surface area contributed by atoms with Gasteiger partial charge in [0.2, 0.25) is 0 Å². The highest BCUT2D eigenvalue weighted by Crippen LogP contribution is 2.17. The summed E-state index contributed by atoms with van der Waals surface area (Å²) in [5.41, 5.74) is 0.927. The minimum atomic E-state index is -2.59. The van der Waals surface area contributed by atoms with Gasteiger partial charge in [-0.25, -0.2) is 0 Å². The lowest BCUT2D eigenvalue weighted by Gasteiger charge is -2.05. The van der Waals surface area contributed by atoms with Crippen LogP contribution in [0.5, 0.6) is 6.01 Å². The molecule has 4 heteroatoms. The maximum absolute atomic E-state index is 7.86. The van der Waals surface area contributed by atoms with Gasteiger partial charge in [-0.2, -0.15) is 4.98 Å². The summed E-state index contributed by atoms with van der Waals surface area (Å²) in [5, 5.41) is 0. The van der Waals surface area contributed by atoms with E-state index >= 15 is 0 Å². The highest BCUT2D eigenvalue weighted by Gasteiger charge is 2.06. The third kappa shape index (κ3) is 2.39. The highest BCUT2D eigenvalue weighted by atomic mass is 79.9. The fourth-order valence-electron chi connectivity index (χ4n) is 1.28. The molecule has 0 aliphatic rings. The maximum atomic E-state index is 7.86. The van der Waals surface area contributed by atoms with Crippen molar-refractivity contribution in [3.05, 3.63) is 46.7 Å².